The molecule has 118 valence electrons. The first-order chi connectivity index (χ1) is 11.0. The first kappa shape index (κ1) is 16.0. The maximum Gasteiger partial charge on any atom is 0.281 e. The van der Waals surface area contributed by atoms with Crippen LogP contribution in [0.3, 0.4) is 0 Å². The van der Waals surface area contributed by atoms with Gasteiger partial charge in [-0.15, -0.1) is 11.3 Å². The van der Waals surface area contributed by atoms with E-state index in [9.17, 15) is 4.79 Å². The molecule has 0 unspecified atom stereocenters. The van der Waals surface area contributed by atoms with Gasteiger partial charge in [0.2, 0.25) is 0 Å². The Kier molecular flexibility index (Phi) is 4.39. The maximum absolute atomic E-state index is 12.7. The molecular formula is C16H13ClN2O2S2. The summed E-state index contributed by atoms with van der Waals surface area (Å²) >= 11 is 12.9. The van der Waals surface area contributed by atoms with Crippen molar-refractivity contribution in [3.05, 3.63) is 50.8 Å². The fourth-order valence-corrected chi connectivity index (χ4v) is 3.57. The number of hydrogen-bond acceptors (Lipinski definition) is 4. The number of nitrogens with one attached hydrogen (secondary N) is 1. The number of rotatable bonds is 3. The third-order valence-corrected chi connectivity index (χ3v) is 4.92. The van der Waals surface area contributed by atoms with Crippen LogP contribution in [0.5, 0.6) is 5.75 Å². The predicted octanol–water partition coefficient (Wildman–Crippen LogP) is 3.98. The molecule has 0 spiro atoms. The minimum absolute atomic E-state index is 0.233. The summed E-state index contributed by atoms with van der Waals surface area (Å²) in [5.74, 6) is 0.295. The Bertz CT molecular complexity index is 829. The topological polar surface area (TPSA) is 41.6 Å². The Morgan fingerprint density at radius 2 is 2.17 bits per heavy atom. The second-order valence-corrected chi connectivity index (χ2v) is 6.68. The number of nitrogens with zero attached hydrogens (tertiary/aromatic N) is 1. The Labute approximate surface area is 148 Å². The number of ether oxygens (including phenoxy) is 1. The van der Waals surface area contributed by atoms with Crippen LogP contribution in [0, 0.1) is 6.92 Å². The molecule has 4 nitrogen and oxygen atoms in total. The van der Waals surface area contributed by atoms with E-state index in [1.807, 2.05) is 24.4 Å². The van der Waals surface area contributed by atoms with E-state index in [2.05, 4.69) is 5.32 Å². The molecule has 7 heteroatoms. The number of benzene rings is 1. The largest absolute Gasteiger partial charge is 0.495 e. The van der Waals surface area contributed by atoms with E-state index in [1.54, 1.807) is 29.5 Å². The van der Waals surface area contributed by atoms with Crippen LogP contribution in [0.15, 0.2) is 35.3 Å². The first-order valence-electron chi connectivity index (χ1n) is 6.76. The number of anilines is 1. The van der Waals surface area contributed by atoms with Crippen molar-refractivity contribution in [3.63, 3.8) is 0 Å². The highest BCUT2D eigenvalue weighted by molar-refractivity contribution is 7.80. The summed E-state index contributed by atoms with van der Waals surface area (Å²) in [5.41, 5.74) is 2.07. The molecule has 0 radical (unpaired) electrons. The van der Waals surface area contributed by atoms with Gasteiger partial charge in [-0.1, -0.05) is 11.6 Å². The van der Waals surface area contributed by atoms with Gasteiger partial charge in [-0.2, -0.15) is 0 Å². The summed E-state index contributed by atoms with van der Waals surface area (Å²) in [6.07, 6.45) is 1.81. The van der Waals surface area contributed by atoms with Crippen LogP contribution < -0.4 is 15.0 Å². The van der Waals surface area contributed by atoms with Gasteiger partial charge in [0.1, 0.15) is 11.4 Å². The van der Waals surface area contributed by atoms with Crippen molar-refractivity contribution in [2.24, 2.45) is 0 Å². The minimum Gasteiger partial charge on any atom is -0.495 e. The van der Waals surface area contributed by atoms with Crippen LogP contribution in [0.25, 0.3) is 6.08 Å². The number of thiocarbonyl (C=S) groups is 1. The standard InChI is InChI=1S/C16H13ClN2O2S2/c1-9-5-6-23-14(9)8-11-15(20)19(16(22)18-11)12-7-10(17)3-4-13(12)21-2/h3-8H,1-2H3,(H,18,22). The van der Waals surface area contributed by atoms with Crippen molar-refractivity contribution in [1.82, 2.24) is 5.32 Å². The van der Waals surface area contributed by atoms with E-state index in [4.69, 9.17) is 28.6 Å². The summed E-state index contributed by atoms with van der Waals surface area (Å²) in [6, 6.07) is 7.07. The lowest BCUT2D eigenvalue weighted by molar-refractivity contribution is -0.113. The zero-order valence-corrected chi connectivity index (χ0v) is 14.8. The first-order valence-corrected chi connectivity index (χ1v) is 8.42. The second kappa shape index (κ2) is 6.31. The van der Waals surface area contributed by atoms with Crippen molar-refractivity contribution in [1.29, 1.82) is 0 Å². The zero-order valence-electron chi connectivity index (χ0n) is 12.4. The van der Waals surface area contributed by atoms with Gasteiger partial charge in [-0.3, -0.25) is 4.79 Å². The molecule has 3 rings (SSSR count). The van der Waals surface area contributed by atoms with E-state index >= 15 is 0 Å². The Morgan fingerprint density at radius 1 is 1.39 bits per heavy atom. The number of hydrogen-bond donors (Lipinski definition) is 1. The molecule has 2 heterocycles. The molecule has 1 saturated heterocycles. The lowest BCUT2D eigenvalue weighted by Crippen LogP contribution is -2.30. The quantitative estimate of drug-likeness (QED) is 0.660. The van der Waals surface area contributed by atoms with E-state index in [0.717, 1.165) is 10.4 Å². The van der Waals surface area contributed by atoms with Gasteiger partial charge in [0.15, 0.2) is 5.11 Å². The highest BCUT2D eigenvalue weighted by Crippen LogP contribution is 2.34. The molecule has 1 fully saturated rings. The van der Waals surface area contributed by atoms with Gasteiger partial charge in [0.05, 0.1) is 12.8 Å². The third-order valence-electron chi connectivity index (χ3n) is 3.44. The van der Waals surface area contributed by atoms with Crippen LogP contribution in [-0.2, 0) is 4.79 Å². The molecule has 0 saturated carbocycles. The minimum atomic E-state index is -0.233. The molecule has 0 aliphatic carbocycles. The van der Waals surface area contributed by atoms with Crippen LogP contribution in [0.1, 0.15) is 10.4 Å². The second-order valence-electron chi connectivity index (χ2n) is 4.91. The summed E-state index contributed by atoms with van der Waals surface area (Å²) in [4.78, 5) is 15.2. The molecule has 1 amide bonds. The van der Waals surface area contributed by atoms with E-state index < -0.39 is 0 Å². The fraction of sp³-hybridized carbons (Fsp3) is 0.125. The number of methoxy groups -OCH3 is 1. The monoisotopic (exact) mass is 364 g/mol. The SMILES string of the molecule is COc1ccc(Cl)cc1N1C(=O)C(=Cc2sccc2C)NC1=S. The van der Waals surface area contributed by atoms with Crippen molar-refractivity contribution in [3.8, 4) is 5.75 Å². The maximum atomic E-state index is 12.7. The molecule has 2 aromatic rings. The number of aryl methyl sites for hydroxylation is 1. The number of carbonyl (C=O) groups is 1. The molecule has 1 aromatic heterocycles. The van der Waals surface area contributed by atoms with E-state index in [1.165, 1.54) is 12.0 Å². The third kappa shape index (κ3) is 2.97. The number of carbonyl (C=O) groups excluding carboxylic acids is 1. The number of thiophene rings is 1. The Morgan fingerprint density at radius 3 is 2.83 bits per heavy atom. The highest BCUT2D eigenvalue weighted by Gasteiger charge is 2.34. The highest BCUT2D eigenvalue weighted by atomic mass is 35.5. The van der Waals surface area contributed by atoms with Crippen molar-refractivity contribution >= 4 is 57.9 Å². The lowest BCUT2D eigenvalue weighted by atomic mass is 10.2. The average Bonchev–Trinajstić information content (AvgIpc) is 3.03. The molecule has 23 heavy (non-hydrogen) atoms. The Hall–Kier alpha value is -1.89. The van der Waals surface area contributed by atoms with E-state index in [0.29, 0.717) is 27.3 Å². The van der Waals surface area contributed by atoms with Crippen LogP contribution >= 0.6 is 35.2 Å². The van der Waals surface area contributed by atoms with Gasteiger partial charge in [0.25, 0.3) is 5.91 Å². The molecule has 1 aromatic carbocycles. The van der Waals surface area contributed by atoms with Crippen molar-refractivity contribution < 1.29 is 9.53 Å². The molecule has 1 aliphatic heterocycles. The lowest BCUT2D eigenvalue weighted by Gasteiger charge is -2.17. The predicted molar refractivity (Wildman–Crippen MR) is 98.3 cm³/mol. The normalized spacial score (nSPS) is 16.1. The van der Waals surface area contributed by atoms with Gasteiger partial charge in [-0.05, 0) is 60.4 Å². The summed E-state index contributed by atoms with van der Waals surface area (Å²) in [5, 5.41) is 5.75. The van der Waals surface area contributed by atoms with Gasteiger partial charge >= 0.3 is 0 Å². The summed E-state index contributed by atoms with van der Waals surface area (Å²) < 4.78 is 5.31. The fourth-order valence-electron chi connectivity index (χ4n) is 2.26. The molecule has 1 aliphatic rings. The van der Waals surface area contributed by atoms with Gasteiger partial charge < -0.3 is 10.1 Å². The molecule has 0 bridgehead atoms. The van der Waals surface area contributed by atoms with Crippen molar-refractivity contribution in [2.75, 3.05) is 12.0 Å². The van der Waals surface area contributed by atoms with E-state index in [-0.39, 0.29) is 5.91 Å². The smallest absolute Gasteiger partial charge is 0.281 e. The average molecular weight is 365 g/mol. The van der Waals surface area contributed by atoms with Crippen LogP contribution in [0.4, 0.5) is 5.69 Å². The number of amides is 1. The van der Waals surface area contributed by atoms with Crippen LogP contribution in [-0.4, -0.2) is 18.1 Å². The molecule has 1 N–H and O–H groups in total. The molecular weight excluding hydrogens is 352 g/mol. The molecule has 0 atom stereocenters. The van der Waals surface area contributed by atoms with Gasteiger partial charge in [0, 0.05) is 9.90 Å². The summed E-state index contributed by atoms with van der Waals surface area (Å²) in [6.45, 7) is 2.00. The van der Waals surface area contributed by atoms with Crippen LogP contribution in [0.2, 0.25) is 5.02 Å². The summed E-state index contributed by atoms with van der Waals surface area (Å²) in [7, 11) is 1.54. The zero-order chi connectivity index (χ0) is 16.6. The number of halogens is 1. The van der Waals surface area contributed by atoms with Crippen molar-refractivity contribution in [2.45, 2.75) is 6.92 Å². The Balaban J connectivity index is 2.01. The van der Waals surface area contributed by atoms with Gasteiger partial charge in [-0.25, -0.2) is 4.90 Å².